The number of nitrogens with one attached hydrogen (secondary N) is 1. The number of hydrogen-bond acceptors (Lipinski definition) is 9. The molecule has 31 heavy (non-hydrogen) atoms. The maximum atomic E-state index is 13.0. The third-order valence-electron chi connectivity index (χ3n) is 4.01. The van der Waals surface area contributed by atoms with Gasteiger partial charge in [-0.1, -0.05) is 17.3 Å². The Labute approximate surface area is 173 Å². The van der Waals surface area contributed by atoms with Crippen molar-refractivity contribution in [2.75, 3.05) is 5.32 Å². The first-order valence-electron chi connectivity index (χ1n) is 8.94. The molecule has 0 unspecified atom stereocenters. The Balaban J connectivity index is 1.39. The van der Waals surface area contributed by atoms with Gasteiger partial charge in [0.05, 0.1) is 11.3 Å². The van der Waals surface area contributed by atoms with Crippen molar-refractivity contribution in [3.8, 4) is 11.5 Å². The summed E-state index contributed by atoms with van der Waals surface area (Å²) in [6, 6.07) is 11.9. The summed E-state index contributed by atoms with van der Waals surface area (Å²) in [4.78, 5) is 28.8. The molecule has 4 rings (SSSR count). The molecule has 2 aromatic heterocycles. The predicted molar refractivity (Wildman–Crippen MR) is 102 cm³/mol. The lowest BCUT2D eigenvalue weighted by Gasteiger charge is -2.10. The highest BCUT2D eigenvalue weighted by molar-refractivity contribution is 6.01. The van der Waals surface area contributed by atoms with Crippen LogP contribution < -0.4 is 5.32 Å². The highest BCUT2D eigenvalue weighted by atomic mass is 19.1. The lowest BCUT2D eigenvalue weighted by Crippen LogP contribution is -2.21. The normalized spacial score (nSPS) is 10.6. The zero-order valence-electron chi connectivity index (χ0n) is 15.8. The Bertz CT molecular complexity index is 1190. The minimum absolute atomic E-state index is 0.120. The highest BCUT2D eigenvalue weighted by Crippen LogP contribution is 2.19. The number of esters is 1. The molecular formula is C19H14FN7O4. The van der Waals surface area contributed by atoms with Crippen LogP contribution in [0.2, 0.25) is 0 Å². The van der Waals surface area contributed by atoms with E-state index in [2.05, 4.69) is 31.0 Å². The Morgan fingerprint density at radius 1 is 1.13 bits per heavy atom. The van der Waals surface area contributed by atoms with Gasteiger partial charge in [0.1, 0.15) is 18.7 Å². The summed E-state index contributed by atoms with van der Waals surface area (Å²) in [7, 11) is 0. The molecule has 0 saturated heterocycles. The second-order valence-electron chi connectivity index (χ2n) is 6.20. The van der Waals surface area contributed by atoms with Crippen molar-refractivity contribution in [1.82, 2.24) is 30.3 Å². The monoisotopic (exact) mass is 423 g/mol. The number of nitrogens with zero attached hydrogens (tertiary/aromatic N) is 6. The van der Waals surface area contributed by atoms with E-state index in [1.54, 1.807) is 18.2 Å². The summed E-state index contributed by atoms with van der Waals surface area (Å²) >= 11 is 0. The zero-order valence-corrected chi connectivity index (χ0v) is 15.8. The fourth-order valence-corrected chi connectivity index (χ4v) is 2.59. The summed E-state index contributed by atoms with van der Waals surface area (Å²) in [5, 5.41) is 16.9. The van der Waals surface area contributed by atoms with E-state index in [0.29, 0.717) is 5.56 Å². The lowest BCUT2D eigenvalue weighted by molar-refractivity contribution is -0.116. The fraction of sp³-hybridized carbons (Fsp3) is 0.105. The van der Waals surface area contributed by atoms with Crippen LogP contribution in [0.15, 0.2) is 59.4 Å². The number of hydrogen-bond donors (Lipinski definition) is 1. The molecule has 0 fully saturated rings. The van der Waals surface area contributed by atoms with E-state index >= 15 is 0 Å². The summed E-state index contributed by atoms with van der Waals surface area (Å²) < 4.78 is 24.6. The SMILES string of the molecule is O=C(Cn1cnnn1)Nc1ccccc1C(=O)OCc1noc(-c2ccc(F)cc2)n1. The number of rotatable bonds is 7. The van der Waals surface area contributed by atoms with Crippen LogP contribution in [-0.4, -0.2) is 42.2 Å². The minimum atomic E-state index is -0.688. The van der Waals surface area contributed by atoms with Gasteiger partial charge in [-0.3, -0.25) is 4.79 Å². The first-order chi connectivity index (χ1) is 15.1. The van der Waals surface area contributed by atoms with Crippen molar-refractivity contribution < 1.29 is 23.2 Å². The first-order valence-corrected chi connectivity index (χ1v) is 8.94. The third-order valence-corrected chi connectivity index (χ3v) is 4.01. The van der Waals surface area contributed by atoms with Crippen molar-refractivity contribution in [2.45, 2.75) is 13.2 Å². The molecule has 156 valence electrons. The Hall–Kier alpha value is -4.48. The Morgan fingerprint density at radius 3 is 2.71 bits per heavy atom. The number of aromatic nitrogens is 6. The van der Waals surface area contributed by atoms with Crippen molar-refractivity contribution in [2.24, 2.45) is 0 Å². The van der Waals surface area contributed by atoms with Gasteiger partial charge in [-0.15, -0.1) is 5.10 Å². The number of amides is 1. The van der Waals surface area contributed by atoms with Crippen molar-refractivity contribution >= 4 is 17.6 Å². The number of ether oxygens (including phenoxy) is 1. The lowest BCUT2D eigenvalue weighted by atomic mass is 10.2. The number of tetrazole rings is 1. The van der Waals surface area contributed by atoms with Gasteiger partial charge in [0.25, 0.3) is 5.89 Å². The van der Waals surface area contributed by atoms with Gasteiger partial charge in [0.2, 0.25) is 11.7 Å². The summed E-state index contributed by atoms with van der Waals surface area (Å²) in [5.41, 5.74) is 0.947. The van der Waals surface area contributed by atoms with Gasteiger partial charge in [-0.25, -0.2) is 13.9 Å². The molecular weight excluding hydrogens is 409 g/mol. The Morgan fingerprint density at radius 2 is 1.94 bits per heavy atom. The second-order valence-corrected chi connectivity index (χ2v) is 6.20. The van der Waals surface area contributed by atoms with Gasteiger partial charge < -0.3 is 14.6 Å². The van der Waals surface area contributed by atoms with Gasteiger partial charge in [0.15, 0.2) is 6.61 Å². The standard InChI is InChI=1S/C19H14FN7O4/c20-13-7-5-12(6-8-13)18-23-16(24-31-18)10-30-19(29)14-3-1-2-4-15(14)22-17(28)9-27-11-21-25-26-27/h1-8,11H,9-10H2,(H,22,28). The van der Waals surface area contributed by atoms with Crippen molar-refractivity contribution in [1.29, 1.82) is 0 Å². The molecule has 1 N–H and O–H groups in total. The van der Waals surface area contributed by atoms with Crippen molar-refractivity contribution in [3.05, 3.63) is 72.1 Å². The summed E-state index contributed by atoms with van der Waals surface area (Å²) in [6.07, 6.45) is 1.30. The second kappa shape index (κ2) is 8.90. The molecule has 4 aromatic rings. The maximum Gasteiger partial charge on any atom is 0.340 e. The largest absolute Gasteiger partial charge is 0.454 e. The maximum absolute atomic E-state index is 13.0. The minimum Gasteiger partial charge on any atom is -0.454 e. The Kier molecular flexibility index (Phi) is 5.69. The average Bonchev–Trinajstić information content (AvgIpc) is 3.45. The van der Waals surface area contributed by atoms with Crippen LogP contribution in [0, 0.1) is 5.82 Å². The topological polar surface area (TPSA) is 138 Å². The van der Waals surface area contributed by atoms with E-state index < -0.39 is 11.9 Å². The van der Waals surface area contributed by atoms with Crippen LogP contribution in [0.1, 0.15) is 16.2 Å². The van der Waals surface area contributed by atoms with Crippen LogP contribution in [-0.2, 0) is 22.7 Å². The number of anilines is 1. The summed E-state index contributed by atoms with van der Waals surface area (Å²) in [5.74, 6) is -1.20. The summed E-state index contributed by atoms with van der Waals surface area (Å²) in [6.45, 7) is -0.373. The van der Waals surface area contributed by atoms with Crippen LogP contribution in [0.3, 0.4) is 0 Å². The van der Waals surface area contributed by atoms with E-state index in [9.17, 15) is 14.0 Å². The van der Waals surface area contributed by atoms with Crippen LogP contribution in [0.4, 0.5) is 10.1 Å². The average molecular weight is 423 g/mol. The predicted octanol–water partition coefficient (Wildman–Crippen LogP) is 1.86. The number of para-hydroxylation sites is 1. The first kappa shape index (κ1) is 19.8. The van der Waals surface area contributed by atoms with Crippen LogP contribution in [0.25, 0.3) is 11.5 Å². The van der Waals surface area contributed by atoms with E-state index in [-0.39, 0.29) is 41.9 Å². The van der Waals surface area contributed by atoms with Crippen LogP contribution in [0.5, 0.6) is 0 Å². The smallest absolute Gasteiger partial charge is 0.340 e. The molecule has 2 heterocycles. The molecule has 0 aliphatic carbocycles. The van der Waals surface area contributed by atoms with Gasteiger partial charge in [-0.2, -0.15) is 4.98 Å². The van der Waals surface area contributed by atoms with E-state index in [1.165, 1.54) is 41.3 Å². The third kappa shape index (κ3) is 4.93. The molecule has 0 saturated carbocycles. The molecule has 0 aliphatic rings. The van der Waals surface area contributed by atoms with Gasteiger partial charge in [-0.05, 0) is 46.8 Å². The van der Waals surface area contributed by atoms with Gasteiger partial charge in [0, 0.05) is 5.56 Å². The molecule has 1 amide bonds. The zero-order chi connectivity index (χ0) is 21.6. The highest BCUT2D eigenvalue weighted by Gasteiger charge is 2.17. The molecule has 0 atom stereocenters. The van der Waals surface area contributed by atoms with Crippen LogP contribution >= 0.6 is 0 Å². The van der Waals surface area contributed by atoms with Gasteiger partial charge >= 0.3 is 5.97 Å². The number of carbonyl (C=O) groups is 2. The van der Waals surface area contributed by atoms with E-state index in [4.69, 9.17) is 9.26 Å². The molecule has 0 bridgehead atoms. The van der Waals surface area contributed by atoms with E-state index in [0.717, 1.165) is 0 Å². The number of carbonyl (C=O) groups excluding carboxylic acids is 2. The molecule has 0 spiro atoms. The molecule has 2 aromatic carbocycles. The molecule has 11 nitrogen and oxygen atoms in total. The van der Waals surface area contributed by atoms with Crippen molar-refractivity contribution in [3.63, 3.8) is 0 Å². The molecule has 12 heteroatoms. The van der Waals surface area contributed by atoms with E-state index in [1.807, 2.05) is 0 Å². The number of benzene rings is 2. The molecule has 0 radical (unpaired) electrons. The number of halogens is 1. The quantitative estimate of drug-likeness (QED) is 0.441. The molecule has 0 aliphatic heterocycles. The fourth-order valence-electron chi connectivity index (χ4n) is 2.59.